The standard InChI is InChI=1S/C19H28ClN7O/c1-12-14(20)11-13(19(2,3)28)17-21-15(23-27(12)17)7-8-16-22-18(24-25(16)4)26-9-5-6-10-26/h11,16,28H,5-10H2,1-4H3,(H,22,24). The quantitative estimate of drug-likeness (QED) is 0.810. The van der Waals surface area contributed by atoms with Crippen molar-refractivity contribution in [3.8, 4) is 0 Å². The molecular formula is C19H28ClN7O. The van der Waals surface area contributed by atoms with Gasteiger partial charge in [-0.3, -0.25) is 5.43 Å². The molecule has 0 saturated carbocycles. The molecule has 1 saturated heterocycles. The number of halogens is 1. The molecule has 0 amide bonds. The molecule has 1 atom stereocenters. The average Bonchev–Trinajstić information content (AvgIpc) is 3.34. The Kier molecular flexibility index (Phi) is 4.97. The Labute approximate surface area is 170 Å². The summed E-state index contributed by atoms with van der Waals surface area (Å²) < 4.78 is 1.74. The van der Waals surface area contributed by atoms with Crippen molar-refractivity contribution in [3.63, 3.8) is 0 Å². The van der Waals surface area contributed by atoms with Crippen molar-refractivity contribution in [2.45, 2.75) is 58.2 Å². The molecule has 8 nitrogen and oxygen atoms in total. The normalized spacial score (nSPS) is 20.9. The third kappa shape index (κ3) is 3.56. The van der Waals surface area contributed by atoms with E-state index >= 15 is 0 Å². The predicted octanol–water partition coefficient (Wildman–Crippen LogP) is 2.08. The highest BCUT2D eigenvalue weighted by Gasteiger charge is 2.28. The molecule has 1 fully saturated rings. The first-order valence-electron chi connectivity index (χ1n) is 9.84. The van der Waals surface area contributed by atoms with Crippen LogP contribution in [0.25, 0.3) is 5.65 Å². The molecule has 2 aliphatic rings. The van der Waals surface area contributed by atoms with Crippen molar-refractivity contribution >= 4 is 23.2 Å². The number of nitrogens with one attached hydrogen (secondary N) is 1. The molecular weight excluding hydrogens is 378 g/mol. The van der Waals surface area contributed by atoms with Crippen LogP contribution in [0.3, 0.4) is 0 Å². The molecule has 4 rings (SSSR count). The fraction of sp³-hybridized carbons (Fsp3) is 0.632. The molecule has 152 valence electrons. The van der Waals surface area contributed by atoms with E-state index in [1.54, 1.807) is 24.4 Å². The predicted molar refractivity (Wildman–Crippen MR) is 109 cm³/mol. The average molecular weight is 406 g/mol. The zero-order valence-corrected chi connectivity index (χ0v) is 17.7. The maximum absolute atomic E-state index is 10.5. The summed E-state index contributed by atoms with van der Waals surface area (Å²) in [4.78, 5) is 11.8. The van der Waals surface area contributed by atoms with Crippen molar-refractivity contribution in [1.82, 2.24) is 29.9 Å². The molecule has 28 heavy (non-hydrogen) atoms. The number of pyridine rings is 1. The monoisotopic (exact) mass is 405 g/mol. The highest BCUT2D eigenvalue weighted by atomic mass is 35.5. The number of fused-ring (bicyclic) bond motifs is 1. The fourth-order valence-corrected chi connectivity index (χ4v) is 3.99. The first kappa shape index (κ1) is 19.4. The number of hydrazine groups is 1. The molecule has 0 aliphatic carbocycles. The van der Waals surface area contributed by atoms with Crippen LogP contribution in [-0.4, -0.2) is 61.9 Å². The molecule has 0 radical (unpaired) electrons. The second-order valence-electron chi connectivity index (χ2n) is 8.20. The minimum atomic E-state index is -1.05. The molecule has 9 heteroatoms. The van der Waals surface area contributed by atoms with Gasteiger partial charge in [0, 0.05) is 32.1 Å². The van der Waals surface area contributed by atoms with E-state index in [0.717, 1.165) is 37.0 Å². The Hall–Kier alpha value is -1.90. The zero-order valence-electron chi connectivity index (χ0n) is 16.9. The Bertz CT molecular complexity index is 911. The fourth-order valence-electron chi connectivity index (χ4n) is 3.80. The summed E-state index contributed by atoms with van der Waals surface area (Å²) in [6, 6.07) is 1.78. The van der Waals surface area contributed by atoms with Crippen LogP contribution in [0, 0.1) is 6.92 Å². The van der Waals surface area contributed by atoms with Gasteiger partial charge >= 0.3 is 0 Å². The summed E-state index contributed by atoms with van der Waals surface area (Å²) in [7, 11) is 2.02. The molecule has 0 spiro atoms. The van der Waals surface area contributed by atoms with E-state index < -0.39 is 5.60 Å². The van der Waals surface area contributed by atoms with Crippen molar-refractivity contribution < 1.29 is 5.11 Å². The molecule has 2 aromatic rings. The van der Waals surface area contributed by atoms with Crippen molar-refractivity contribution in [2.24, 2.45) is 4.99 Å². The maximum Gasteiger partial charge on any atom is 0.210 e. The van der Waals surface area contributed by atoms with Gasteiger partial charge in [-0.2, -0.15) is 10.1 Å². The summed E-state index contributed by atoms with van der Waals surface area (Å²) >= 11 is 6.35. The van der Waals surface area contributed by atoms with Crippen LogP contribution in [0.2, 0.25) is 5.02 Å². The lowest BCUT2D eigenvalue weighted by atomic mass is 9.99. The first-order valence-corrected chi connectivity index (χ1v) is 10.2. The number of guanidine groups is 1. The second kappa shape index (κ2) is 7.17. The highest BCUT2D eigenvalue weighted by Crippen LogP contribution is 2.29. The zero-order chi connectivity index (χ0) is 20.1. The number of nitrogens with zero attached hydrogens (tertiary/aromatic N) is 6. The van der Waals surface area contributed by atoms with Crippen LogP contribution in [0.5, 0.6) is 0 Å². The van der Waals surface area contributed by atoms with Gasteiger partial charge in [0.1, 0.15) is 6.17 Å². The van der Waals surface area contributed by atoms with E-state index in [4.69, 9.17) is 21.6 Å². The first-order chi connectivity index (χ1) is 13.2. The van der Waals surface area contributed by atoms with E-state index in [2.05, 4.69) is 15.4 Å². The lowest BCUT2D eigenvalue weighted by Gasteiger charge is -2.20. The van der Waals surface area contributed by atoms with Crippen molar-refractivity contribution in [1.29, 1.82) is 0 Å². The number of aryl methyl sites for hydroxylation is 2. The minimum absolute atomic E-state index is 0.0562. The Balaban J connectivity index is 1.55. The van der Waals surface area contributed by atoms with Crippen LogP contribution in [0.15, 0.2) is 11.1 Å². The maximum atomic E-state index is 10.5. The summed E-state index contributed by atoms with van der Waals surface area (Å²) in [5, 5.41) is 17.8. The smallest absolute Gasteiger partial charge is 0.210 e. The summed E-state index contributed by atoms with van der Waals surface area (Å²) in [5.74, 6) is 1.70. The van der Waals surface area contributed by atoms with Crippen LogP contribution in [-0.2, 0) is 12.0 Å². The van der Waals surface area contributed by atoms with Gasteiger partial charge in [-0.15, -0.1) is 0 Å². The highest BCUT2D eigenvalue weighted by molar-refractivity contribution is 6.31. The summed E-state index contributed by atoms with van der Waals surface area (Å²) in [6.45, 7) is 7.51. The van der Waals surface area contributed by atoms with Gasteiger partial charge in [0.15, 0.2) is 11.5 Å². The molecule has 2 aromatic heterocycles. The van der Waals surface area contributed by atoms with Gasteiger partial charge in [-0.25, -0.2) is 14.5 Å². The SMILES string of the molecule is Cc1c(Cl)cc(C(C)(C)O)c2nc(CCC3N=C(N4CCCC4)NN3C)nn12. The van der Waals surface area contributed by atoms with E-state index in [-0.39, 0.29) is 6.17 Å². The van der Waals surface area contributed by atoms with Gasteiger partial charge in [0.05, 0.1) is 16.3 Å². The van der Waals surface area contributed by atoms with E-state index in [0.29, 0.717) is 22.7 Å². The molecule has 0 bridgehead atoms. The van der Waals surface area contributed by atoms with Gasteiger partial charge in [0.25, 0.3) is 0 Å². The largest absolute Gasteiger partial charge is 0.386 e. The van der Waals surface area contributed by atoms with Gasteiger partial charge in [-0.1, -0.05) is 11.6 Å². The van der Waals surface area contributed by atoms with Gasteiger partial charge in [-0.05, 0) is 46.1 Å². The lowest BCUT2D eigenvalue weighted by Crippen LogP contribution is -2.43. The summed E-state index contributed by atoms with van der Waals surface area (Å²) in [5.41, 5.74) is 4.47. The number of hydrogen-bond donors (Lipinski definition) is 2. The van der Waals surface area contributed by atoms with Gasteiger partial charge in [0.2, 0.25) is 5.96 Å². The number of aliphatic imine (C=N–C) groups is 1. The third-order valence-corrected chi connectivity index (χ3v) is 5.89. The molecule has 2 aliphatic heterocycles. The number of aromatic nitrogens is 3. The molecule has 4 heterocycles. The Morgan fingerprint density at radius 3 is 2.71 bits per heavy atom. The van der Waals surface area contributed by atoms with Crippen LogP contribution < -0.4 is 5.43 Å². The van der Waals surface area contributed by atoms with Crippen molar-refractivity contribution in [2.75, 3.05) is 20.1 Å². The van der Waals surface area contributed by atoms with Crippen LogP contribution in [0.1, 0.15) is 50.2 Å². The van der Waals surface area contributed by atoms with Crippen molar-refractivity contribution in [3.05, 3.63) is 28.2 Å². The van der Waals surface area contributed by atoms with Gasteiger partial charge < -0.3 is 10.0 Å². The lowest BCUT2D eigenvalue weighted by molar-refractivity contribution is 0.0795. The number of hydrogen-bond acceptors (Lipinski definition) is 7. The second-order valence-corrected chi connectivity index (χ2v) is 8.61. The summed E-state index contributed by atoms with van der Waals surface area (Å²) in [6.07, 6.45) is 4.01. The number of rotatable bonds is 4. The molecule has 2 N–H and O–H groups in total. The Morgan fingerprint density at radius 1 is 1.32 bits per heavy atom. The molecule has 1 unspecified atom stereocenters. The van der Waals surface area contributed by atoms with Crippen LogP contribution in [0.4, 0.5) is 0 Å². The number of aliphatic hydroxyl groups is 1. The van der Waals surface area contributed by atoms with E-state index in [9.17, 15) is 5.11 Å². The van der Waals surface area contributed by atoms with E-state index in [1.807, 2.05) is 19.0 Å². The van der Waals surface area contributed by atoms with E-state index in [1.165, 1.54) is 12.8 Å². The Morgan fingerprint density at radius 2 is 2.04 bits per heavy atom. The van der Waals surface area contributed by atoms with Crippen LogP contribution >= 0.6 is 11.6 Å². The minimum Gasteiger partial charge on any atom is -0.386 e. The topological polar surface area (TPSA) is 81.3 Å². The number of likely N-dealkylation sites (tertiary alicyclic amines) is 1. The third-order valence-electron chi connectivity index (χ3n) is 5.51. The molecule has 0 aromatic carbocycles.